The molecule has 0 amide bonds. The number of hydrogen-bond donors (Lipinski definition) is 3. The predicted molar refractivity (Wildman–Crippen MR) is 60.4 cm³/mol. The summed E-state index contributed by atoms with van der Waals surface area (Å²) in [4.78, 5) is 2.35. The van der Waals surface area contributed by atoms with E-state index in [9.17, 15) is 0 Å². The first-order valence-electron chi connectivity index (χ1n) is 5.02. The van der Waals surface area contributed by atoms with Crippen LogP contribution in [0.5, 0.6) is 0 Å². The van der Waals surface area contributed by atoms with E-state index >= 15 is 0 Å². The van der Waals surface area contributed by atoms with E-state index in [1.54, 1.807) is 0 Å². The van der Waals surface area contributed by atoms with Crippen molar-refractivity contribution in [3.63, 3.8) is 0 Å². The molecule has 4 heteroatoms. The van der Waals surface area contributed by atoms with Crippen molar-refractivity contribution in [3.05, 3.63) is 0 Å². The van der Waals surface area contributed by atoms with Gasteiger partial charge in [0, 0.05) is 24.4 Å². The van der Waals surface area contributed by atoms with Gasteiger partial charge in [0.1, 0.15) is 0 Å². The van der Waals surface area contributed by atoms with Gasteiger partial charge in [-0.25, -0.2) is 0 Å². The highest BCUT2D eigenvalue weighted by Crippen LogP contribution is 2.08. The maximum absolute atomic E-state index is 6.07. The van der Waals surface area contributed by atoms with Crippen LogP contribution in [0.2, 0.25) is 0 Å². The van der Waals surface area contributed by atoms with Crippen molar-refractivity contribution < 1.29 is 0 Å². The molecule has 1 unspecified atom stereocenters. The molecule has 0 saturated carbocycles. The van der Waals surface area contributed by atoms with Crippen LogP contribution in [0, 0.1) is 0 Å². The molecule has 0 aromatic rings. The van der Waals surface area contributed by atoms with Crippen molar-refractivity contribution in [2.24, 2.45) is 5.73 Å². The zero-order valence-corrected chi connectivity index (χ0v) is 9.26. The molecule has 1 aliphatic heterocycles. The lowest BCUT2D eigenvalue weighted by Gasteiger charge is -2.21. The third-order valence-electron chi connectivity index (χ3n) is 2.70. The largest absolute Gasteiger partial charge is 0.326 e. The number of nitrogens with one attached hydrogen (secondary N) is 1. The number of thiol groups is 1. The van der Waals surface area contributed by atoms with Gasteiger partial charge in [0.05, 0.1) is 0 Å². The zero-order chi connectivity index (χ0) is 9.68. The van der Waals surface area contributed by atoms with Crippen LogP contribution in [0.3, 0.4) is 0 Å². The monoisotopic (exact) mass is 203 g/mol. The highest BCUT2D eigenvalue weighted by atomic mass is 32.1. The number of likely N-dealkylation sites (tertiary alicyclic amines) is 1. The average Bonchev–Trinajstić information content (AvgIpc) is 2.28. The summed E-state index contributed by atoms with van der Waals surface area (Å²) in [7, 11) is 2.16. The number of nitrogens with zero attached hydrogens (tertiary/aromatic N) is 1. The first-order chi connectivity index (χ1) is 6.24. The van der Waals surface area contributed by atoms with Crippen molar-refractivity contribution in [3.8, 4) is 0 Å². The van der Waals surface area contributed by atoms with E-state index in [1.165, 1.54) is 0 Å². The summed E-state index contributed by atoms with van der Waals surface area (Å²) in [5, 5.41) is 3.45. The molecule has 2 atom stereocenters. The highest BCUT2D eigenvalue weighted by molar-refractivity contribution is 7.80. The van der Waals surface area contributed by atoms with E-state index in [4.69, 9.17) is 5.73 Å². The maximum atomic E-state index is 6.07. The topological polar surface area (TPSA) is 41.3 Å². The van der Waals surface area contributed by atoms with Crippen LogP contribution < -0.4 is 11.1 Å². The maximum Gasteiger partial charge on any atom is 0.0232 e. The number of nitrogens with two attached hydrogens (primary N) is 1. The summed E-state index contributed by atoms with van der Waals surface area (Å²) < 4.78 is 0. The summed E-state index contributed by atoms with van der Waals surface area (Å²) in [6, 6.07) is 0.793. The van der Waals surface area contributed by atoms with Crippen LogP contribution in [-0.2, 0) is 0 Å². The van der Waals surface area contributed by atoms with Crippen LogP contribution in [-0.4, -0.2) is 49.4 Å². The van der Waals surface area contributed by atoms with E-state index < -0.39 is 0 Å². The van der Waals surface area contributed by atoms with Gasteiger partial charge in [-0.15, -0.1) is 0 Å². The lowest BCUT2D eigenvalue weighted by atomic mass is 10.0. The normalized spacial score (nSPS) is 31.6. The third-order valence-corrected chi connectivity index (χ3v) is 2.92. The Kier molecular flexibility index (Phi) is 5.09. The van der Waals surface area contributed by atoms with Gasteiger partial charge in [-0.2, -0.15) is 12.6 Å². The second-order valence-corrected chi connectivity index (χ2v) is 4.28. The molecule has 0 bridgehead atoms. The second-order valence-electron chi connectivity index (χ2n) is 3.83. The first-order valence-corrected chi connectivity index (χ1v) is 5.65. The summed E-state index contributed by atoms with van der Waals surface area (Å²) in [6.45, 7) is 3.24. The SMILES string of the molecule is CN1CCC(N)[C@H](NCCS)CC1. The number of rotatable bonds is 3. The van der Waals surface area contributed by atoms with Gasteiger partial charge in [-0.05, 0) is 33.0 Å². The Balaban J connectivity index is 2.33. The number of hydrogen-bond acceptors (Lipinski definition) is 4. The lowest BCUT2D eigenvalue weighted by Crippen LogP contribution is -2.45. The van der Waals surface area contributed by atoms with Crippen molar-refractivity contribution in [2.45, 2.75) is 24.9 Å². The molecule has 0 aromatic carbocycles. The minimum absolute atomic E-state index is 0.310. The Morgan fingerprint density at radius 2 is 2.15 bits per heavy atom. The summed E-state index contributed by atoms with van der Waals surface area (Å²) >= 11 is 4.18. The van der Waals surface area contributed by atoms with Crippen molar-refractivity contribution in [1.29, 1.82) is 0 Å². The molecule has 1 heterocycles. The molecule has 1 saturated heterocycles. The summed E-state index contributed by atoms with van der Waals surface area (Å²) in [5.74, 6) is 0.888. The van der Waals surface area contributed by atoms with Gasteiger partial charge >= 0.3 is 0 Å². The van der Waals surface area contributed by atoms with Gasteiger partial charge in [-0.1, -0.05) is 0 Å². The molecule has 1 aliphatic rings. The standard InChI is InChI=1S/C9H21N3S/c1-12-5-2-8(10)9(3-6-12)11-4-7-13/h8-9,11,13H,2-7,10H2,1H3/t8?,9-/m1/s1. The van der Waals surface area contributed by atoms with E-state index in [0.29, 0.717) is 12.1 Å². The molecule has 13 heavy (non-hydrogen) atoms. The molecule has 0 spiro atoms. The Labute approximate surface area is 86.5 Å². The van der Waals surface area contributed by atoms with E-state index in [2.05, 4.69) is 29.9 Å². The smallest absolute Gasteiger partial charge is 0.0232 e. The molecule has 1 rings (SSSR count). The average molecular weight is 203 g/mol. The molecule has 0 radical (unpaired) electrons. The molecule has 78 valence electrons. The fraction of sp³-hybridized carbons (Fsp3) is 1.00. The van der Waals surface area contributed by atoms with Crippen LogP contribution in [0.25, 0.3) is 0 Å². The van der Waals surface area contributed by atoms with E-state index in [1.807, 2.05) is 0 Å². The van der Waals surface area contributed by atoms with Gasteiger partial charge in [0.2, 0.25) is 0 Å². The van der Waals surface area contributed by atoms with Crippen LogP contribution in [0.15, 0.2) is 0 Å². The predicted octanol–water partition coefficient (Wildman–Crippen LogP) is -0.0727. The van der Waals surface area contributed by atoms with E-state index in [-0.39, 0.29) is 0 Å². The summed E-state index contributed by atoms with van der Waals surface area (Å²) in [5.41, 5.74) is 6.07. The molecule has 1 fully saturated rings. The minimum atomic E-state index is 0.310. The van der Waals surface area contributed by atoms with E-state index in [0.717, 1.165) is 38.2 Å². The fourth-order valence-electron chi connectivity index (χ4n) is 1.76. The van der Waals surface area contributed by atoms with Crippen molar-refractivity contribution in [2.75, 3.05) is 32.4 Å². The van der Waals surface area contributed by atoms with Crippen molar-refractivity contribution >= 4 is 12.6 Å². The summed E-state index contributed by atoms with van der Waals surface area (Å²) in [6.07, 6.45) is 2.26. The van der Waals surface area contributed by atoms with Crippen LogP contribution >= 0.6 is 12.6 Å². The zero-order valence-electron chi connectivity index (χ0n) is 8.37. The van der Waals surface area contributed by atoms with Crippen LogP contribution in [0.1, 0.15) is 12.8 Å². The van der Waals surface area contributed by atoms with Gasteiger partial charge in [0.25, 0.3) is 0 Å². The molecule has 3 N–H and O–H groups in total. The minimum Gasteiger partial charge on any atom is -0.326 e. The molecular weight excluding hydrogens is 182 g/mol. The van der Waals surface area contributed by atoms with Gasteiger partial charge < -0.3 is 16.0 Å². The van der Waals surface area contributed by atoms with Gasteiger partial charge in [-0.3, -0.25) is 0 Å². The Bertz CT molecular complexity index is 143. The Hall–Kier alpha value is 0.230. The quantitative estimate of drug-likeness (QED) is 0.562. The van der Waals surface area contributed by atoms with Crippen molar-refractivity contribution in [1.82, 2.24) is 10.2 Å². The molecule has 3 nitrogen and oxygen atoms in total. The fourth-order valence-corrected chi connectivity index (χ4v) is 1.89. The Morgan fingerprint density at radius 3 is 2.85 bits per heavy atom. The highest BCUT2D eigenvalue weighted by Gasteiger charge is 2.20. The van der Waals surface area contributed by atoms with Crippen LogP contribution in [0.4, 0.5) is 0 Å². The van der Waals surface area contributed by atoms with Gasteiger partial charge in [0.15, 0.2) is 0 Å². The lowest BCUT2D eigenvalue weighted by molar-refractivity contribution is 0.344. The second kappa shape index (κ2) is 5.86. The molecule has 0 aromatic heterocycles. The third kappa shape index (κ3) is 3.85. The Morgan fingerprint density at radius 1 is 1.46 bits per heavy atom. The molecule has 0 aliphatic carbocycles. The first kappa shape index (κ1) is 11.3. The molecular formula is C9H21N3S.